The fraction of sp³-hybridized carbons (Fsp3) is 0.333. The molecule has 2 aromatic rings. The van der Waals surface area contributed by atoms with Gasteiger partial charge in [-0.15, -0.1) is 0 Å². The molecule has 0 aliphatic rings. The molecule has 0 fully saturated rings. The van der Waals surface area contributed by atoms with Crippen LogP contribution in [0.2, 0.25) is 0 Å². The molecule has 0 saturated carbocycles. The van der Waals surface area contributed by atoms with Gasteiger partial charge < -0.3 is 9.87 Å². The van der Waals surface area contributed by atoms with Gasteiger partial charge in [0.05, 0.1) is 4.90 Å². The predicted octanol–water partition coefficient (Wildman–Crippen LogP) is 0.206. The zero-order valence-electron chi connectivity index (χ0n) is 12.6. The van der Waals surface area contributed by atoms with Gasteiger partial charge in [0.1, 0.15) is 10.1 Å². The summed E-state index contributed by atoms with van der Waals surface area (Å²) in [6, 6.07) is 10.1. The average Bonchev–Trinajstić information content (AvgIpc) is 2.36. The van der Waals surface area contributed by atoms with Gasteiger partial charge in [-0.2, -0.15) is 0 Å². The summed E-state index contributed by atoms with van der Waals surface area (Å²) in [4.78, 5) is -0.164. The Kier molecular flexibility index (Phi) is 6.69. The fourth-order valence-corrected chi connectivity index (χ4v) is 2.84. The SMILES string of the molecule is CC(C)CCNc1cccc2c(S(=O)(=O)[O-])cccc12.[Na+]. The zero-order chi connectivity index (χ0) is 14.8. The van der Waals surface area contributed by atoms with Crippen molar-refractivity contribution in [2.75, 3.05) is 11.9 Å². The fourth-order valence-electron chi connectivity index (χ4n) is 2.15. The van der Waals surface area contributed by atoms with Gasteiger partial charge in [-0.1, -0.05) is 38.1 Å². The largest absolute Gasteiger partial charge is 1.00 e. The van der Waals surface area contributed by atoms with Crippen LogP contribution in [-0.4, -0.2) is 19.5 Å². The Morgan fingerprint density at radius 3 is 2.33 bits per heavy atom. The van der Waals surface area contributed by atoms with Crippen molar-refractivity contribution in [1.29, 1.82) is 0 Å². The third-order valence-corrected chi connectivity index (χ3v) is 4.08. The summed E-state index contributed by atoms with van der Waals surface area (Å²) in [5.41, 5.74) is 0.855. The maximum Gasteiger partial charge on any atom is 1.00 e. The molecule has 0 aliphatic carbocycles. The van der Waals surface area contributed by atoms with Gasteiger partial charge in [0, 0.05) is 23.0 Å². The van der Waals surface area contributed by atoms with Gasteiger partial charge in [-0.25, -0.2) is 8.42 Å². The first-order valence-electron chi connectivity index (χ1n) is 6.61. The van der Waals surface area contributed by atoms with Crippen LogP contribution in [0.4, 0.5) is 5.69 Å². The third kappa shape index (κ3) is 4.69. The molecule has 0 saturated heterocycles. The summed E-state index contributed by atoms with van der Waals surface area (Å²) in [7, 11) is -4.46. The van der Waals surface area contributed by atoms with Crippen LogP contribution >= 0.6 is 0 Å². The molecule has 4 nitrogen and oxygen atoms in total. The van der Waals surface area contributed by atoms with Crippen LogP contribution in [0, 0.1) is 5.92 Å². The quantitative estimate of drug-likeness (QED) is 0.632. The molecule has 2 aromatic carbocycles. The third-order valence-electron chi connectivity index (χ3n) is 3.19. The smallest absolute Gasteiger partial charge is 0.744 e. The number of benzene rings is 2. The van der Waals surface area contributed by atoms with E-state index in [4.69, 9.17) is 0 Å². The molecule has 0 heterocycles. The van der Waals surface area contributed by atoms with Crippen molar-refractivity contribution in [3.63, 3.8) is 0 Å². The Balaban J connectivity index is 0.00000220. The van der Waals surface area contributed by atoms with Gasteiger partial charge >= 0.3 is 29.6 Å². The minimum atomic E-state index is -4.46. The van der Waals surface area contributed by atoms with Gasteiger partial charge in [-0.3, -0.25) is 0 Å². The molecule has 0 radical (unpaired) electrons. The summed E-state index contributed by atoms with van der Waals surface area (Å²) < 4.78 is 33.9. The summed E-state index contributed by atoms with van der Waals surface area (Å²) >= 11 is 0. The number of fused-ring (bicyclic) bond motifs is 1. The summed E-state index contributed by atoms with van der Waals surface area (Å²) in [6.07, 6.45) is 1.02. The molecule has 0 amide bonds. The van der Waals surface area contributed by atoms with Crippen LogP contribution in [-0.2, 0) is 10.1 Å². The predicted molar refractivity (Wildman–Crippen MR) is 79.9 cm³/mol. The molecule has 21 heavy (non-hydrogen) atoms. The van der Waals surface area contributed by atoms with Crippen molar-refractivity contribution in [3.8, 4) is 0 Å². The maximum absolute atomic E-state index is 11.3. The van der Waals surface area contributed by atoms with Gasteiger partial charge in [0.2, 0.25) is 0 Å². The van der Waals surface area contributed by atoms with Gasteiger partial charge in [0.15, 0.2) is 0 Å². The molecule has 0 bridgehead atoms. The number of nitrogens with one attached hydrogen (secondary N) is 1. The molecule has 0 atom stereocenters. The van der Waals surface area contributed by atoms with Crippen LogP contribution in [0.5, 0.6) is 0 Å². The Morgan fingerprint density at radius 2 is 1.71 bits per heavy atom. The summed E-state index contributed by atoms with van der Waals surface area (Å²) in [5, 5.41) is 4.53. The number of hydrogen-bond donors (Lipinski definition) is 1. The summed E-state index contributed by atoms with van der Waals surface area (Å²) in [5.74, 6) is 0.593. The summed E-state index contributed by atoms with van der Waals surface area (Å²) in [6.45, 7) is 5.10. The van der Waals surface area contributed by atoms with E-state index < -0.39 is 10.1 Å². The number of hydrogen-bond acceptors (Lipinski definition) is 4. The van der Waals surface area contributed by atoms with E-state index >= 15 is 0 Å². The van der Waals surface area contributed by atoms with Crippen LogP contribution in [0.3, 0.4) is 0 Å². The average molecular weight is 315 g/mol. The van der Waals surface area contributed by atoms with E-state index in [0.717, 1.165) is 24.0 Å². The normalized spacial score (nSPS) is 11.4. The van der Waals surface area contributed by atoms with Crippen molar-refractivity contribution in [1.82, 2.24) is 0 Å². The van der Waals surface area contributed by atoms with Crippen molar-refractivity contribution >= 4 is 26.6 Å². The van der Waals surface area contributed by atoms with Crippen molar-refractivity contribution in [2.45, 2.75) is 25.2 Å². The minimum absolute atomic E-state index is 0. The van der Waals surface area contributed by atoms with E-state index in [1.165, 1.54) is 6.07 Å². The van der Waals surface area contributed by atoms with Crippen LogP contribution < -0.4 is 34.9 Å². The van der Waals surface area contributed by atoms with Crippen LogP contribution in [0.1, 0.15) is 20.3 Å². The molecule has 6 heteroatoms. The van der Waals surface area contributed by atoms with Crippen molar-refractivity contribution in [2.24, 2.45) is 5.92 Å². The van der Waals surface area contributed by atoms with Crippen molar-refractivity contribution < 1.29 is 42.5 Å². The standard InChI is InChI=1S/C15H19NO3S.Na/c1-11(2)9-10-16-14-7-3-6-13-12(14)5-4-8-15(13)20(17,18)19;/h3-8,11,16H,9-10H2,1-2H3,(H,17,18,19);/q;+1/p-1. The topological polar surface area (TPSA) is 69.2 Å². The Morgan fingerprint density at radius 1 is 1.10 bits per heavy atom. The van der Waals surface area contributed by atoms with E-state index in [2.05, 4.69) is 19.2 Å². The molecule has 108 valence electrons. The molecule has 0 aromatic heterocycles. The monoisotopic (exact) mass is 315 g/mol. The van der Waals surface area contributed by atoms with E-state index in [-0.39, 0.29) is 34.5 Å². The molecule has 0 unspecified atom stereocenters. The number of rotatable bonds is 5. The van der Waals surface area contributed by atoms with E-state index in [9.17, 15) is 13.0 Å². The van der Waals surface area contributed by atoms with Crippen LogP contribution in [0.15, 0.2) is 41.3 Å². The Bertz CT molecular complexity index is 714. The maximum atomic E-state index is 11.3. The first-order valence-corrected chi connectivity index (χ1v) is 8.02. The van der Waals surface area contributed by atoms with Gasteiger partial charge in [-0.05, 0) is 24.5 Å². The molecule has 0 spiro atoms. The molecule has 0 aliphatic heterocycles. The van der Waals surface area contributed by atoms with Gasteiger partial charge in [0.25, 0.3) is 0 Å². The molecular formula is C15H18NNaO3S. The van der Waals surface area contributed by atoms with Crippen molar-refractivity contribution in [3.05, 3.63) is 36.4 Å². The molecule has 2 rings (SSSR count). The molecule has 1 N–H and O–H groups in total. The second kappa shape index (κ2) is 7.61. The molecular weight excluding hydrogens is 297 g/mol. The van der Waals surface area contributed by atoms with E-state index in [0.29, 0.717) is 11.3 Å². The first kappa shape index (κ1) is 18.5. The van der Waals surface area contributed by atoms with Crippen LogP contribution in [0.25, 0.3) is 10.8 Å². The minimum Gasteiger partial charge on any atom is -0.744 e. The Labute approximate surface area is 148 Å². The first-order chi connectivity index (χ1) is 9.39. The second-order valence-corrected chi connectivity index (χ2v) is 6.57. The second-order valence-electron chi connectivity index (χ2n) is 5.22. The Hall–Kier alpha value is -0.590. The van der Waals surface area contributed by atoms with E-state index in [1.54, 1.807) is 18.2 Å². The van der Waals surface area contributed by atoms with E-state index in [1.807, 2.05) is 12.1 Å². The number of anilines is 1. The zero-order valence-corrected chi connectivity index (χ0v) is 15.4.